The second-order valence-electron chi connectivity index (χ2n) is 5.88. The van der Waals surface area contributed by atoms with Gasteiger partial charge < -0.3 is 10.5 Å². The van der Waals surface area contributed by atoms with E-state index in [1.54, 1.807) is 0 Å². The summed E-state index contributed by atoms with van der Waals surface area (Å²) in [6.45, 7) is 12.0. The molecule has 0 aromatic carbocycles. The van der Waals surface area contributed by atoms with Gasteiger partial charge >= 0.3 is 0 Å². The summed E-state index contributed by atoms with van der Waals surface area (Å²) in [7, 11) is 0. The fourth-order valence-electron chi connectivity index (χ4n) is 2.82. The first-order chi connectivity index (χ1) is 8.09. The number of ether oxygens (including phenoxy) is 1. The Morgan fingerprint density at radius 2 is 1.71 bits per heavy atom. The molecule has 0 atom stereocenters. The molecule has 0 unspecified atom stereocenters. The zero-order valence-electron chi connectivity index (χ0n) is 11.3. The lowest BCUT2D eigenvalue weighted by molar-refractivity contribution is 0.0252. The fraction of sp³-hybridized carbons (Fsp3) is 1.00. The molecule has 2 aliphatic rings. The standard InChI is InChI=1S/C13H27N3O/c1-12(2)16-7-5-15(6-8-16)11-13(14)3-9-17-10-4-13/h12H,3-11,14H2,1-2H3. The van der Waals surface area contributed by atoms with Crippen LogP contribution in [0.1, 0.15) is 26.7 Å². The second-order valence-corrected chi connectivity index (χ2v) is 5.88. The number of piperazine rings is 1. The SMILES string of the molecule is CC(C)N1CCN(CC2(N)CCOCC2)CC1. The van der Waals surface area contributed by atoms with Gasteiger partial charge in [-0.25, -0.2) is 0 Å². The van der Waals surface area contributed by atoms with Crippen molar-refractivity contribution in [1.29, 1.82) is 0 Å². The average Bonchev–Trinajstić information content (AvgIpc) is 2.30. The van der Waals surface area contributed by atoms with Gasteiger partial charge in [0.2, 0.25) is 0 Å². The Balaban J connectivity index is 1.77. The number of nitrogens with two attached hydrogens (primary N) is 1. The highest BCUT2D eigenvalue weighted by Gasteiger charge is 2.31. The van der Waals surface area contributed by atoms with Gasteiger partial charge in [-0.15, -0.1) is 0 Å². The Kier molecular flexibility index (Phi) is 4.42. The third kappa shape index (κ3) is 3.65. The maximum atomic E-state index is 6.45. The van der Waals surface area contributed by atoms with Crippen LogP contribution in [0.5, 0.6) is 0 Å². The van der Waals surface area contributed by atoms with Gasteiger partial charge in [-0.1, -0.05) is 0 Å². The monoisotopic (exact) mass is 241 g/mol. The van der Waals surface area contributed by atoms with Crippen molar-refractivity contribution in [3.8, 4) is 0 Å². The summed E-state index contributed by atoms with van der Waals surface area (Å²) >= 11 is 0. The topological polar surface area (TPSA) is 41.7 Å². The molecule has 0 radical (unpaired) electrons. The lowest BCUT2D eigenvalue weighted by atomic mass is 9.90. The van der Waals surface area contributed by atoms with E-state index < -0.39 is 0 Å². The average molecular weight is 241 g/mol. The smallest absolute Gasteiger partial charge is 0.0484 e. The van der Waals surface area contributed by atoms with Gasteiger partial charge in [0, 0.05) is 57.5 Å². The minimum absolute atomic E-state index is 0.00174. The van der Waals surface area contributed by atoms with Crippen molar-refractivity contribution in [2.45, 2.75) is 38.3 Å². The molecule has 2 N–H and O–H groups in total. The summed E-state index contributed by atoms with van der Waals surface area (Å²) in [5.74, 6) is 0. The molecule has 100 valence electrons. The van der Waals surface area contributed by atoms with Crippen LogP contribution < -0.4 is 5.73 Å². The Morgan fingerprint density at radius 3 is 2.24 bits per heavy atom. The highest BCUT2D eigenvalue weighted by Crippen LogP contribution is 2.20. The Hall–Kier alpha value is -0.160. The molecule has 2 fully saturated rings. The first kappa shape index (κ1) is 13.3. The second kappa shape index (κ2) is 5.65. The summed E-state index contributed by atoms with van der Waals surface area (Å²) < 4.78 is 5.40. The highest BCUT2D eigenvalue weighted by atomic mass is 16.5. The summed E-state index contributed by atoms with van der Waals surface area (Å²) in [5, 5.41) is 0. The van der Waals surface area contributed by atoms with Gasteiger partial charge in [0.25, 0.3) is 0 Å². The van der Waals surface area contributed by atoms with Crippen molar-refractivity contribution in [1.82, 2.24) is 9.80 Å². The van der Waals surface area contributed by atoms with E-state index in [-0.39, 0.29) is 5.54 Å². The quantitative estimate of drug-likeness (QED) is 0.782. The van der Waals surface area contributed by atoms with Crippen molar-refractivity contribution in [3.05, 3.63) is 0 Å². The van der Waals surface area contributed by atoms with Crippen molar-refractivity contribution in [3.63, 3.8) is 0 Å². The molecule has 0 amide bonds. The third-order valence-corrected chi connectivity index (χ3v) is 4.16. The molecule has 4 heteroatoms. The molecular formula is C13H27N3O. The molecule has 2 rings (SSSR count). The van der Waals surface area contributed by atoms with Crippen LogP contribution in [0.4, 0.5) is 0 Å². The van der Waals surface area contributed by atoms with Crippen LogP contribution in [0.15, 0.2) is 0 Å². The third-order valence-electron chi connectivity index (χ3n) is 4.16. The van der Waals surface area contributed by atoms with Gasteiger partial charge in [0.1, 0.15) is 0 Å². The van der Waals surface area contributed by atoms with Gasteiger partial charge in [-0.05, 0) is 26.7 Å². The molecule has 0 saturated carbocycles. The van der Waals surface area contributed by atoms with E-state index in [1.165, 1.54) is 13.1 Å². The van der Waals surface area contributed by atoms with Crippen LogP contribution in [-0.2, 0) is 4.74 Å². The number of hydrogen-bond donors (Lipinski definition) is 1. The van der Waals surface area contributed by atoms with E-state index in [0.717, 1.165) is 45.7 Å². The van der Waals surface area contributed by atoms with Crippen LogP contribution >= 0.6 is 0 Å². The minimum Gasteiger partial charge on any atom is -0.381 e. The van der Waals surface area contributed by atoms with E-state index in [2.05, 4.69) is 23.6 Å². The number of nitrogens with zero attached hydrogens (tertiary/aromatic N) is 2. The summed E-state index contributed by atoms with van der Waals surface area (Å²) in [4.78, 5) is 5.08. The van der Waals surface area contributed by atoms with Crippen molar-refractivity contribution >= 4 is 0 Å². The molecular weight excluding hydrogens is 214 g/mol. The molecule has 0 aromatic rings. The first-order valence-corrected chi connectivity index (χ1v) is 6.92. The predicted octanol–water partition coefficient (Wildman–Crippen LogP) is 0.520. The molecule has 0 spiro atoms. The predicted molar refractivity (Wildman–Crippen MR) is 70.1 cm³/mol. The Bertz CT molecular complexity index is 231. The Morgan fingerprint density at radius 1 is 1.12 bits per heavy atom. The van der Waals surface area contributed by atoms with Gasteiger partial charge in [0.15, 0.2) is 0 Å². The van der Waals surface area contributed by atoms with E-state index >= 15 is 0 Å². The maximum Gasteiger partial charge on any atom is 0.0484 e. The van der Waals surface area contributed by atoms with Crippen molar-refractivity contribution in [2.75, 3.05) is 45.9 Å². The molecule has 2 heterocycles. The molecule has 0 aliphatic carbocycles. The Labute approximate surface area is 105 Å². The highest BCUT2D eigenvalue weighted by molar-refractivity contribution is 4.91. The lowest BCUT2D eigenvalue weighted by Crippen LogP contribution is -2.57. The van der Waals surface area contributed by atoms with Crippen molar-refractivity contribution in [2.24, 2.45) is 5.73 Å². The molecule has 2 aliphatic heterocycles. The largest absolute Gasteiger partial charge is 0.381 e. The summed E-state index contributed by atoms with van der Waals surface area (Å²) in [6, 6.07) is 0.673. The van der Waals surface area contributed by atoms with Crippen LogP contribution in [-0.4, -0.2) is 67.3 Å². The molecule has 0 aromatic heterocycles. The van der Waals surface area contributed by atoms with Crippen LogP contribution in [0.25, 0.3) is 0 Å². The van der Waals surface area contributed by atoms with E-state index in [0.29, 0.717) is 6.04 Å². The van der Waals surface area contributed by atoms with Gasteiger partial charge in [-0.3, -0.25) is 9.80 Å². The van der Waals surface area contributed by atoms with Crippen molar-refractivity contribution < 1.29 is 4.74 Å². The van der Waals surface area contributed by atoms with E-state index in [4.69, 9.17) is 10.5 Å². The van der Waals surface area contributed by atoms with Crippen LogP contribution in [0, 0.1) is 0 Å². The van der Waals surface area contributed by atoms with E-state index in [9.17, 15) is 0 Å². The summed E-state index contributed by atoms with van der Waals surface area (Å²) in [5.41, 5.74) is 6.45. The zero-order chi connectivity index (χ0) is 12.3. The number of rotatable bonds is 3. The molecule has 4 nitrogen and oxygen atoms in total. The maximum absolute atomic E-state index is 6.45. The summed E-state index contributed by atoms with van der Waals surface area (Å²) in [6.07, 6.45) is 2.02. The molecule has 17 heavy (non-hydrogen) atoms. The first-order valence-electron chi connectivity index (χ1n) is 6.92. The van der Waals surface area contributed by atoms with Crippen LogP contribution in [0.3, 0.4) is 0 Å². The number of hydrogen-bond acceptors (Lipinski definition) is 4. The normalized spacial score (nSPS) is 27.5. The van der Waals surface area contributed by atoms with Gasteiger partial charge in [0.05, 0.1) is 0 Å². The molecule has 0 bridgehead atoms. The van der Waals surface area contributed by atoms with Crippen LogP contribution in [0.2, 0.25) is 0 Å². The lowest BCUT2D eigenvalue weighted by Gasteiger charge is -2.42. The molecule has 2 saturated heterocycles. The fourth-order valence-corrected chi connectivity index (χ4v) is 2.82. The zero-order valence-corrected chi connectivity index (χ0v) is 11.3. The van der Waals surface area contributed by atoms with E-state index in [1.807, 2.05) is 0 Å². The minimum atomic E-state index is -0.00174. The van der Waals surface area contributed by atoms with Gasteiger partial charge in [-0.2, -0.15) is 0 Å².